The maximum Gasteiger partial charge on any atom is 0.336 e. The van der Waals surface area contributed by atoms with Crippen molar-refractivity contribution in [2.75, 3.05) is 5.32 Å². The van der Waals surface area contributed by atoms with Crippen LogP contribution in [0.2, 0.25) is 0 Å². The second kappa shape index (κ2) is 8.05. The zero-order valence-electron chi connectivity index (χ0n) is 18.2. The van der Waals surface area contributed by atoms with Crippen LogP contribution in [0.25, 0.3) is 28.1 Å². The zero-order chi connectivity index (χ0) is 23.1. The van der Waals surface area contributed by atoms with Crippen LogP contribution < -0.4 is 5.32 Å². The Morgan fingerprint density at radius 3 is 2.42 bits per heavy atom. The van der Waals surface area contributed by atoms with Gasteiger partial charge in [0, 0.05) is 17.0 Å². The van der Waals surface area contributed by atoms with Crippen molar-refractivity contribution < 1.29 is 19.2 Å². The predicted octanol–water partition coefficient (Wildman–Crippen LogP) is 4.86. The molecule has 1 saturated carbocycles. The molecule has 33 heavy (non-hydrogen) atoms. The van der Waals surface area contributed by atoms with Crippen LogP contribution in [0.4, 0.5) is 5.88 Å². The van der Waals surface area contributed by atoms with Gasteiger partial charge in [-0.1, -0.05) is 41.6 Å². The normalized spacial score (nSPS) is 13.2. The molecular formula is C25H22N4O4. The van der Waals surface area contributed by atoms with Crippen molar-refractivity contribution in [3.8, 4) is 28.1 Å². The van der Waals surface area contributed by atoms with Gasteiger partial charge in [-0.15, -0.1) is 0 Å². The molecule has 2 aromatic heterocycles. The van der Waals surface area contributed by atoms with Gasteiger partial charge in [-0.2, -0.15) is 5.10 Å². The van der Waals surface area contributed by atoms with Crippen LogP contribution in [0.3, 0.4) is 0 Å². The van der Waals surface area contributed by atoms with Crippen molar-refractivity contribution in [1.29, 1.82) is 0 Å². The average molecular weight is 442 g/mol. The number of carboxylic acid groups (broad SMARTS) is 1. The molecule has 0 aliphatic heterocycles. The van der Waals surface area contributed by atoms with Gasteiger partial charge in [-0.3, -0.25) is 10.1 Å². The number of carbonyl (C=O) groups excluding carboxylic acids is 1. The summed E-state index contributed by atoms with van der Waals surface area (Å²) in [5.74, 6) is -1.14. The highest BCUT2D eigenvalue weighted by molar-refractivity contribution is 6.04. The minimum atomic E-state index is -1.08. The highest BCUT2D eigenvalue weighted by Gasteiger charge is 2.33. The fraction of sp³-hybridized carbons (Fsp3) is 0.200. The number of nitrogens with zero attached hydrogens (tertiary/aromatic N) is 3. The number of benzene rings is 2. The highest BCUT2D eigenvalue weighted by Crippen LogP contribution is 2.42. The standard InChI is InChI=1S/C25H22N4O4/c1-14-20(15(2)29(27-14)17-8-4-3-5-9-17)22-21(18-10-6-7-11-19(18)25(31)32)24(33-28-22)26-23(30)16-12-13-16/h3-11,16H,12-13H2,1-2H3,(H,26,30)(H,31,32). The Morgan fingerprint density at radius 1 is 1.03 bits per heavy atom. The lowest BCUT2D eigenvalue weighted by molar-refractivity contribution is -0.117. The Morgan fingerprint density at radius 2 is 1.73 bits per heavy atom. The Hall–Kier alpha value is -4.20. The summed E-state index contributed by atoms with van der Waals surface area (Å²) in [6.45, 7) is 3.79. The van der Waals surface area contributed by atoms with E-state index in [4.69, 9.17) is 4.52 Å². The zero-order valence-corrected chi connectivity index (χ0v) is 18.2. The first-order valence-corrected chi connectivity index (χ1v) is 10.7. The molecule has 166 valence electrons. The van der Waals surface area contributed by atoms with E-state index in [1.165, 1.54) is 6.07 Å². The SMILES string of the molecule is Cc1nn(-c2ccccc2)c(C)c1-c1noc(NC(=O)C2CC2)c1-c1ccccc1C(=O)O. The number of hydrogen-bond acceptors (Lipinski definition) is 5. The van der Waals surface area contributed by atoms with Crippen LogP contribution >= 0.6 is 0 Å². The minimum absolute atomic E-state index is 0.0505. The number of carboxylic acids is 1. The van der Waals surface area contributed by atoms with Gasteiger partial charge in [0.2, 0.25) is 11.8 Å². The van der Waals surface area contributed by atoms with E-state index in [-0.39, 0.29) is 23.3 Å². The molecular weight excluding hydrogens is 420 g/mol. The highest BCUT2D eigenvalue weighted by atomic mass is 16.5. The number of para-hydroxylation sites is 1. The quantitative estimate of drug-likeness (QED) is 0.441. The lowest BCUT2D eigenvalue weighted by Crippen LogP contribution is -2.13. The number of nitrogens with one attached hydrogen (secondary N) is 1. The first kappa shape index (κ1) is 20.7. The second-order valence-corrected chi connectivity index (χ2v) is 8.14. The number of aromatic nitrogens is 3. The molecule has 0 atom stereocenters. The molecule has 0 unspecified atom stereocenters. The van der Waals surface area contributed by atoms with Gasteiger partial charge in [0.25, 0.3) is 0 Å². The lowest BCUT2D eigenvalue weighted by atomic mass is 9.95. The van der Waals surface area contributed by atoms with Crippen LogP contribution in [0, 0.1) is 19.8 Å². The molecule has 2 heterocycles. The van der Waals surface area contributed by atoms with Crippen molar-refractivity contribution in [2.45, 2.75) is 26.7 Å². The van der Waals surface area contributed by atoms with E-state index in [1.807, 2.05) is 48.9 Å². The third-order valence-electron chi connectivity index (χ3n) is 5.83. The molecule has 1 aliphatic carbocycles. The molecule has 0 saturated heterocycles. The number of anilines is 1. The maximum atomic E-state index is 12.5. The Kier molecular flexibility index (Phi) is 5.05. The number of aryl methyl sites for hydroxylation is 1. The van der Waals surface area contributed by atoms with Gasteiger partial charge < -0.3 is 9.63 Å². The van der Waals surface area contributed by atoms with Gasteiger partial charge in [0.1, 0.15) is 5.69 Å². The van der Waals surface area contributed by atoms with E-state index in [0.29, 0.717) is 22.5 Å². The molecule has 0 bridgehead atoms. The molecule has 5 rings (SSSR count). The Labute approximate surface area is 189 Å². The molecule has 2 N–H and O–H groups in total. The summed E-state index contributed by atoms with van der Waals surface area (Å²) in [7, 11) is 0. The summed E-state index contributed by atoms with van der Waals surface area (Å²) in [5.41, 5.74) is 4.52. The van der Waals surface area contributed by atoms with Crippen molar-refractivity contribution in [3.05, 3.63) is 71.5 Å². The summed E-state index contributed by atoms with van der Waals surface area (Å²) >= 11 is 0. The van der Waals surface area contributed by atoms with Crippen LogP contribution in [-0.2, 0) is 4.79 Å². The minimum Gasteiger partial charge on any atom is -0.478 e. The van der Waals surface area contributed by atoms with Crippen LogP contribution in [-0.4, -0.2) is 31.9 Å². The van der Waals surface area contributed by atoms with Crippen LogP contribution in [0.5, 0.6) is 0 Å². The van der Waals surface area contributed by atoms with E-state index < -0.39 is 5.97 Å². The van der Waals surface area contributed by atoms with E-state index in [0.717, 1.165) is 29.8 Å². The van der Waals surface area contributed by atoms with Gasteiger partial charge in [0.15, 0.2) is 0 Å². The molecule has 4 aromatic rings. The average Bonchev–Trinajstić information content (AvgIpc) is 3.54. The van der Waals surface area contributed by atoms with E-state index in [2.05, 4.69) is 15.6 Å². The number of hydrogen-bond donors (Lipinski definition) is 2. The Bertz CT molecular complexity index is 1370. The molecule has 0 spiro atoms. The fourth-order valence-electron chi connectivity index (χ4n) is 4.05. The second-order valence-electron chi connectivity index (χ2n) is 8.14. The third-order valence-corrected chi connectivity index (χ3v) is 5.83. The van der Waals surface area contributed by atoms with Gasteiger partial charge in [0.05, 0.1) is 28.2 Å². The van der Waals surface area contributed by atoms with E-state index >= 15 is 0 Å². The first-order chi connectivity index (χ1) is 16.0. The van der Waals surface area contributed by atoms with Crippen LogP contribution in [0.1, 0.15) is 34.6 Å². The number of amides is 1. The monoisotopic (exact) mass is 442 g/mol. The lowest BCUT2D eigenvalue weighted by Gasteiger charge is -2.09. The largest absolute Gasteiger partial charge is 0.478 e. The molecule has 8 heteroatoms. The van der Waals surface area contributed by atoms with Gasteiger partial charge >= 0.3 is 5.97 Å². The fourth-order valence-corrected chi connectivity index (χ4v) is 4.05. The molecule has 1 fully saturated rings. The van der Waals surface area contributed by atoms with Gasteiger partial charge in [-0.05, 0) is 44.9 Å². The third kappa shape index (κ3) is 3.69. The number of rotatable bonds is 6. The molecule has 2 aromatic carbocycles. The number of carbonyl (C=O) groups is 2. The topological polar surface area (TPSA) is 110 Å². The maximum absolute atomic E-state index is 12.5. The molecule has 1 amide bonds. The summed E-state index contributed by atoms with van der Waals surface area (Å²) in [4.78, 5) is 24.5. The summed E-state index contributed by atoms with van der Waals surface area (Å²) in [6, 6.07) is 16.3. The molecule has 0 radical (unpaired) electrons. The summed E-state index contributed by atoms with van der Waals surface area (Å²) in [5, 5.41) is 21.6. The molecule has 1 aliphatic rings. The van der Waals surface area contributed by atoms with E-state index in [9.17, 15) is 14.7 Å². The number of aromatic carboxylic acids is 1. The van der Waals surface area contributed by atoms with Crippen molar-refractivity contribution in [2.24, 2.45) is 5.92 Å². The van der Waals surface area contributed by atoms with Crippen molar-refractivity contribution in [1.82, 2.24) is 14.9 Å². The van der Waals surface area contributed by atoms with Crippen LogP contribution in [0.15, 0.2) is 59.1 Å². The summed E-state index contributed by atoms with van der Waals surface area (Å²) in [6.07, 6.45) is 1.66. The summed E-state index contributed by atoms with van der Waals surface area (Å²) < 4.78 is 7.42. The molecule has 8 nitrogen and oxygen atoms in total. The smallest absolute Gasteiger partial charge is 0.336 e. The first-order valence-electron chi connectivity index (χ1n) is 10.7. The Balaban J connectivity index is 1.71. The van der Waals surface area contributed by atoms with Gasteiger partial charge in [-0.25, -0.2) is 9.48 Å². The van der Waals surface area contributed by atoms with Crippen molar-refractivity contribution in [3.63, 3.8) is 0 Å². The van der Waals surface area contributed by atoms with Crippen molar-refractivity contribution >= 4 is 17.8 Å². The predicted molar refractivity (Wildman–Crippen MR) is 122 cm³/mol. The van der Waals surface area contributed by atoms with E-state index in [1.54, 1.807) is 18.2 Å².